The first kappa shape index (κ1) is 18.0. The molecule has 6 nitrogen and oxygen atoms in total. The molecule has 0 aliphatic carbocycles. The zero-order chi connectivity index (χ0) is 19.7. The highest BCUT2D eigenvalue weighted by Gasteiger charge is 2.22. The van der Waals surface area contributed by atoms with Crippen LogP contribution < -0.4 is 5.69 Å². The van der Waals surface area contributed by atoms with Gasteiger partial charge in [-0.3, -0.25) is 0 Å². The van der Waals surface area contributed by atoms with Crippen LogP contribution in [-0.4, -0.2) is 26.9 Å². The van der Waals surface area contributed by atoms with Crippen molar-refractivity contribution >= 4 is 22.5 Å². The monoisotopic (exact) mass is 375 g/mol. The summed E-state index contributed by atoms with van der Waals surface area (Å²) in [4.78, 5) is 33.1. The summed E-state index contributed by atoms with van der Waals surface area (Å²) in [5.41, 5.74) is 3.66. The second kappa shape index (κ2) is 7.31. The molecule has 0 aliphatic heterocycles. The van der Waals surface area contributed by atoms with Crippen LogP contribution >= 0.6 is 0 Å². The Labute approximate surface area is 161 Å². The van der Waals surface area contributed by atoms with Crippen molar-refractivity contribution in [2.45, 2.75) is 26.7 Å². The van der Waals surface area contributed by atoms with Crippen molar-refractivity contribution in [1.82, 2.24) is 14.4 Å². The smallest absolute Gasteiger partial charge is 0.338 e. The molecule has 4 rings (SSSR count). The minimum absolute atomic E-state index is 0.232. The third-order valence-corrected chi connectivity index (χ3v) is 4.75. The number of carbonyl (C=O) groups excluding carboxylic acids is 1. The van der Waals surface area contributed by atoms with E-state index in [1.807, 2.05) is 36.4 Å². The number of aryl methyl sites for hydroxylation is 1. The molecule has 0 amide bonds. The Morgan fingerprint density at radius 1 is 1.11 bits per heavy atom. The van der Waals surface area contributed by atoms with E-state index in [0.29, 0.717) is 35.5 Å². The molecule has 1 N–H and O–H groups in total. The number of esters is 1. The summed E-state index contributed by atoms with van der Waals surface area (Å²) in [6, 6.07) is 14.8. The molecule has 2 heterocycles. The van der Waals surface area contributed by atoms with Gasteiger partial charge < -0.3 is 9.72 Å². The first-order valence-electron chi connectivity index (χ1n) is 9.44. The lowest BCUT2D eigenvalue weighted by molar-refractivity contribution is 0.0527. The van der Waals surface area contributed by atoms with Crippen LogP contribution in [0, 0.1) is 0 Å². The van der Waals surface area contributed by atoms with E-state index >= 15 is 0 Å². The number of benzene rings is 2. The SMILES string of the molecule is CCCc1c(-c2ccccc2C(=O)OCC)nc2c3ccccc3[nH]c(=O)n12. The van der Waals surface area contributed by atoms with Crippen LogP contribution in [0.25, 0.3) is 27.8 Å². The Balaban J connectivity index is 2.07. The summed E-state index contributed by atoms with van der Waals surface area (Å²) in [6.45, 7) is 4.12. The molecule has 0 fully saturated rings. The summed E-state index contributed by atoms with van der Waals surface area (Å²) in [5, 5.41) is 0.860. The molecule has 0 saturated heterocycles. The number of fused-ring (bicyclic) bond motifs is 3. The predicted molar refractivity (Wildman–Crippen MR) is 109 cm³/mol. The molecule has 2 aromatic carbocycles. The van der Waals surface area contributed by atoms with Crippen molar-refractivity contribution in [1.29, 1.82) is 0 Å². The molecule has 0 bridgehead atoms. The molecule has 0 spiro atoms. The second-order valence-corrected chi connectivity index (χ2v) is 6.56. The zero-order valence-corrected chi connectivity index (χ0v) is 15.9. The van der Waals surface area contributed by atoms with Crippen molar-refractivity contribution in [3.05, 3.63) is 70.3 Å². The maximum absolute atomic E-state index is 12.8. The molecule has 0 radical (unpaired) electrons. The van der Waals surface area contributed by atoms with Gasteiger partial charge in [0.05, 0.1) is 29.1 Å². The van der Waals surface area contributed by atoms with E-state index < -0.39 is 5.97 Å². The normalized spacial score (nSPS) is 11.2. The van der Waals surface area contributed by atoms with E-state index in [1.54, 1.807) is 23.5 Å². The number of hydrogen-bond donors (Lipinski definition) is 1. The summed E-state index contributed by atoms with van der Waals surface area (Å²) in [7, 11) is 0. The largest absolute Gasteiger partial charge is 0.462 e. The molecule has 2 aromatic heterocycles. The highest BCUT2D eigenvalue weighted by Crippen LogP contribution is 2.30. The van der Waals surface area contributed by atoms with Gasteiger partial charge in [0.2, 0.25) is 0 Å². The minimum Gasteiger partial charge on any atom is -0.462 e. The Morgan fingerprint density at radius 3 is 2.64 bits per heavy atom. The fourth-order valence-electron chi connectivity index (χ4n) is 3.57. The van der Waals surface area contributed by atoms with Crippen LogP contribution in [0.3, 0.4) is 0 Å². The molecule has 28 heavy (non-hydrogen) atoms. The van der Waals surface area contributed by atoms with Crippen LogP contribution in [0.4, 0.5) is 0 Å². The summed E-state index contributed by atoms with van der Waals surface area (Å²) in [6.07, 6.45) is 1.50. The van der Waals surface area contributed by atoms with Gasteiger partial charge in [0.1, 0.15) is 0 Å². The fraction of sp³-hybridized carbons (Fsp3) is 0.227. The number of rotatable bonds is 5. The third-order valence-electron chi connectivity index (χ3n) is 4.75. The lowest BCUT2D eigenvalue weighted by Gasteiger charge is -2.09. The van der Waals surface area contributed by atoms with Gasteiger partial charge in [-0.15, -0.1) is 0 Å². The Morgan fingerprint density at radius 2 is 1.86 bits per heavy atom. The molecule has 142 valence electrons. The third kappa shape index (κ3) is 2.87. The number of aromatic nitrogens is 3. The second-order valence-electron chi connectivity index (χ2n) is 6.56. The zero-order valence-electron chi connectivity index (χ0n) is 15.9. The quantitative estimate of drug-likeness (QED) is 0.536. The number of imidazole rings is 1. The Kier molecular flexibility index (Phi) is 4.69. The topological polar surface area (TPSA) is 76.5 Å². The molecular formula is C22H21N3O3. The van der Waals surface area contributed by atoms with Crippen molar-refractivity contribution < 1.29 is 9.53 Å². The van der Waals surface area contributed by atoms with Crippen LogP contribution in [0.2, 0.25) is 0 Å². The number of hydrogen-bond acceptors (Lipinski definition) is 4. The van der Waals surface area contributed by atoms with Gasteiger partial charge in [-0.1, -0.05) is 43.7 Å². The number of carbonyl (C=O) groups is 1. The van der Waals surface area contributed by atoms with Gasteiger partial charge in [-0.05, 0) is 31.5 Å². The maximum Gasteiger partial charge on any atom is 0.338 e. The van der Waals surface area contributed by atoms with Gasteiger partial charge in [0, 0.05) is 10.9 Å². The summed E-state index contributed by atoms with van der Waals surface area (Å²) < 4.78 is 6.84. The first-order valence-corrected chi connectivity index (χ1v) is 9.44. The highest BCUT2D eigenvalue weighted by atomic mass is 16.5. The number of nitrogens with one attached hydrogen (secondary N) is 1. The predicted octanol–water partition coefficient (Wildman–Crippen LogP) is 3.97. The van der Waals surface area contributed by atoms with Crippen molar-refractivity contribution in [3.63, 3.8) is 0 Å². The molecule has 4 aromatic rings. The van der Waals surface area contributed by atoms with Crippen LogP contribution in [0.1, 0.15) is 36.3 Å². The van der Waals surface area contributed by atoms with Crippen LogP contribution in [0.15, 0.2) is 53.3 Å². The van der Waals surface area contributed by atoms with E-state index in [4.69, 9.17) is 9.72 Å². The Hall–Kier alpha value is -3.41. The van der Waals surface area contributed by atoms with Gasteiger partial charge in [-0.2, -0.15) is 0 Å². The van der Waals surface area contributed by atoms with Crippen LogP contribution in [-0.2, 0) is 11.2 Å². The maximum atomic E-state index is 12.8. The summed E-state index contributed by atoms with van der Waals surface area (Å²) >= 11 is 0. The number of H-pyrrole nitrogens is 1. The number of aromatic amines is 1. The lowest BCUT2D eigenvalue weighted by Crippen LogP contribution is -2.18. The van der Waals surface area contributed by atoms with Gasteiger partial charge in [0.25, 0.3) is 0 Å². The lowest BCUT2D eigenvalue weighted by atomic mass is 10.0. The van der Waals surface area contributed by atoms with Gasteiger partial charge in [-0.25, -0.2) is 19.0 Å². The summed E-state index contributed by atoms with van der Waals surface area (Å²) in [5.74, 6) is -0.392. The highest BCUT2D eigenvalue weighted by molar-refractivity contribution is 5.98. The van der Waals surface area contributed by atoms with E-state index in [1.165, 1.54) is 0 Å². The van der Waals surface area contributed by atoms with Gasteiger partial charge in [0.15, 0.2) is 5.65 Å². The van der Waals surface area contributed by atoms with Crippen LogP contribution in [0.5, 0.6) is 0 Å². The van der Waals surface area contributed by atoms with Crippen molar-refractivity contribution in [3.8, 4) is 11.3 Å². The molecule has 0 unspecified atom stereocenters. The number of nitrogens with zero attached hydrogens (tertiary/aromatic N) is 2. The number of para-hydroxylation sites is 1. The first-order chi connectivity index (χ1) is 13.7. The molecule has 0 saturated carbocycles. The van der Waals surface area contributed by atoms with E-state index in [-0.39, 0.29) is 5.69 Å². The Bertz CT molecular complexity index is 1240. The van der Waals surface area contributed by atoms with E-state index in [2.05, 4.69) is 11.9 Å². The molecule has 6 heteroatoms. The molecule has 0 atom stereocenters. The molecular weight excluding hydrogens is 354 g/mol. The van der Waals surface area contributed by atoms with Crippen molar-refractivity contribution in [2.24, 2.45) is 0 Å². The fourth-order valence-corrected chi connectivity index (χ4v) is 3.57. The van der Waals surface area contributed by atoms with E-state index in [0.717, 1.165) is 23.0 Å². The minimum atomic E-state index is -0.392. The standard InChI is InChI=1S/C22H21N3O3/c1-3-9-18-19(14-10-5-6-11-15(14)21(26)28-4-2)24-20-16-12-7-8-13-17(16)23-22(27)25(18)20/h5-8,10-13H,3-4,9H2,1-2H3,(H,23,27). The van der Waals surface area contributed by atoms with E-state index in [9.17, 15) is 9.59 Å². The van der Waals surface area contributed by atoms with Crippen molar-refractivity contribution in [2.75, 3.05) is 6.61 Å². The average Bonchev–Trinajstić information content (AvgIpc) is 3.09. The number of ether oxygens (including phenoxy) is 1. The molecule has 0 aliphatic rings. The average molecular weight is 375 g/mol. The van der Waals surface area contributed by atoms with Gasteiger partial charge >= 0.3 is 11.7 Å².